The van der Waals surface area contributed by atoms with Crippen molar-refractivity contribution in [2.24, 2.45) is 0 Å². The number of methoxy groups -OCH3 is 1. The van der Waals surface area contributed by atoms with Gasteiger partial charge in [0.05, 0.1) is 7.11 Å². The molecule has 0 bridgehead atoms. The molecule has 0 atom stereocenters. The van der Waals surface area contributed by atoms with Gasteiger partial charge in [0.15, 0.2) is 0 Å². The second-order valence-corrected chi connectivity index (χ2v) is 4.27. The van der Waals surface area contributed by atoms with E-state index in [9.17, 15) is 0 Å². The van der Waals surface area contributed by atoms with E-state index in [1.165, 1.54) is 0 Å². The van der Waals surface area contributed by atoms with Gasteiger partial charge in [-0.05, 0) is 26.7 Å². The Morgan fingerprint density at radius 3 is 2.44 bits per heavy atom. The van der Waals surface area contributed by atoms with Crippen molar-refractivity contribution in [1.82, 2.24) is 9.97 Å². The van der Waals surface area contributed by atoms with Gasteiger partial charge in [-0.3, -0.25) is 0 Å². The zero-order valence-corrected chi connectivity index (χ0v) is 10.8. The molecule has 16 heavy (non-hydrogen) atoms. The van der Waals surface area contributed by atoms with Gasteiger partial charge in [0, 0.05) is 17.3 Å². The van der Waals surface area contributed by atoms with Crippen LogP contribution in [0.1, 0.15) is 39.3 Å². The fourth-order valence-corrected chi connectivity index (χ4v) is 1.40. The second-order valence-electron chi connectivity index (χ2n) is 4.27. The fraction of sp³-hybridized carbons (Fsp3) is 0.667. The summed E-state index contributed by atoms with van der Waals surface area (Å²) in [5, 5.41) is 3.37. The zero-order chi connectivity index (χ0) is 12.2. The Hall–Kier alpha value is -1.32. The highest BCUT2D eigenvalue weighted by atomic mass is 16.5. The molecule has 4 nitrogen and oxygen atoms in total. The minimum absolute atomic E-state index is 0.0405. The van der Waals surface area contributed by atoms with Gasteiger partial charge >= 0.3 is 0 Å². The van der Waals surface area contributed by atoms with E-state index in [4.69, 9.17) is 4.74 Å². The molecule has 1 aromatic heterocycles. The number of anilines is 1. The number of aryl methyl sites for hydroxylation is 1. The average molecular weight is 223 g/mol. The highest BCUT2D eigenvalue weighted by Gasteiger charge is 2.20. The molecule has 0 unspecified atom stereocenters. The highest BCUT2D eigenvalue weighted by Crippen LogP contribution is 2.20. The number of hydrogen-bond donors (Lipinski definition) is 1. The molecule has 0 aromatic carbocycles. The largest absolute Gasteiger partial charge is 0.481 e. The Labute approximate surface area is 97.5 Å². The van der Waals surface area contributed by atoms with Gasteiger partial charge in [-0.1, -0.05) is 13.8 Å². The quantitative estimate of drug-likeness (QED) is 0.833. The molecule has 1 heterocycles. The number of aromatic nitrogens is 2. The van der Waals surface area contributed by atoms with Crippen LogP contribution in [-0.2, 0) is 0 Å². The van der Waals surface area contributed by atoms with Crippen LogP contribution in [-0.4, -0.2) is 22.6 Å². The molecule has 0 fully saturated rings. The lowest BCUT2D eigenvalue weighted by atomic mass is 9.96. The summed E-state index contributed by atoms with van der Waals surface area (Å²) in [5.41, 5.74) is 0.947. The normalized spacial score (nSPS) is 11.3. The monoisotopic (exact) mass is 223 g/mol. The van der Waals surface area contributed by atoms with Crippen molar-refractivity contribution in [3.8, 4) is 5.88 Å². The highest BCUT2D eigenvalue weighted by molar-refractivity contribution is 5.33. The average Bonchev–Trinajstić information content (AvgIpc) is 2.28. The van der Waals surface area contributed by atoms with Crippen molar-refractivity contribution in [3.05, 3.63) is 11.8 Å². The maximum Gasteiger partial charge on any atom is 0.226 e. The summed E-state index contributed by atoms with van der Waals surface area (Å²) in [6, 6.07) is 1.82. The predicted octanol–water partition coefficient (Wildman–Crippen LogP) is 2.78. The van der Waals surface area contributed by atoms with Crippen LogP contribution in [0.15, 0.2) is 6.07 Å². The van der Waals surface area contributed by atoms with E-state index < -0.39 is 0 Å². The smallest absolute Gasteiger partial charge is 0.226 e. The van der Waals surface area contributed by atoms with Crippen LogP contribution in [0.2, 0.25) is 0 Å². The summed E-state index contributed by atoms with van der Waals surface area (Å²) in [6.45, 7) is 8.42. The molecule has 90 valence electrons. The van der Waals surface area contributed by atoms with Crippen LogP contribution in [0, 0.1) is 6.92 Å². The molecule has 1 aromatic rings. The molecule has 1 N–H and O–H groups in total. The summed E-state index contributed by atoms with van der Waals surface area (Å²) in [7, 11) is 1.62. The van der Waals surface area contributed by atoms with E-state index in [1.807, 2.05) is 13.0 Å². The van der Waals surface area contributed by atoms with E-state index in [0.29, 0.717) is 11.8 Å². The van der Waals surface area contributed by atoms with Crippen LogP contribution in [0.25, 0.3) is 0 Å². The van der Waals surface area contributed by atoms with Gasteiger partial charge in [-0.15, -0.1) is 0 Å². The van der Waals surface area contributed by atoms with Gasteiger partial charge in [-0.25, -0.2) is 4.98 Å². The Bertz CT molecular complexity index is 348. The summed E-state index contributed by atoms with van der Waals surface area (Å²) in [5.74, 6) is 1.24. The number of ether oxygens (including phenoxy) is 1. The number of nitrogens with zero attached hydrogens (tertiary/aromatic N) is 2. The first-order chi connectivity index (χ1) is 7.53. The molecular formula is C12H21N3O. The summed E-state index contributed by atoms with van der Waals surface area (Å²) >= 11 is 0. The van der Waals surface area contributed by atoms with Crippen LogP contribution >= 0.6 is 0 Å². The lowest BCUT2D eigenvalue weighted by Gasteiger charge is -2.28. The van der Waals surface area contributed by atoms with Crippen LogP contribution in [0.4, 0.5) is 5.95 Å². The fourth-order valence-electron chi connectivity index (χ4n) is 1.40. The lowest BCUT2D eigenvalue weighted by molar-refractivity contribution is 0.395. The maximum atomic E-state index is 5.13. The van der Waals surface area contributed by atoms with Crippen molar-refractivity contribution >= 4 is 5.95 Å². The van der Waals surface area contributed by atoms with E-state index in [0.717, 1.165) is 18.5 Å². The van der Waals surface area contributed by atoms with Crippen molar-refractivity contribution in [2.75, 3.05) is 12.4 Å². The third kappa shape index (κ3) is 3.08. The minimum atomic E-state index is 0.0405. The summed E-state index contributed by atoms with van der Waals surface area (Å²) in [4.78, 5) is 8.65. The molecule has 0 aliphatic heterocycles. The first-order valence-corrected chi connectivity index (χ1v) is 5.71. The molecular weight excluding hydrogens is 202 g/mol. The lowest BCUT2D eigenvalue weighted by Crippen LogP contribution is -2.33. The van der Waals surface area contributed by atoms with Crippen LogP contribution < -0.4 is 10.1 Å². The number of nitrogens with one attached hydrogen (secondary N) is 1. The minimum Gasteiger partial charge on any atom is -0.481 e. The van der Waals surface area contributed by atoms with Gasteiger partial charge in [0.1, 0.15) is 0 Å². The molecule has 0 aliphatic carbocycles. The van der Waals surface area contributed by atoms with Crippen molar-refractivity contribution in [1.29, 1.82) is 0 Å². The topological polar surface area (TPSA) is 47.0 Å². The molecule has 1 rings (SSSR count). The Balaban J connectivity index is 2.92. The third-order valence-corrected chi connectivity index (χ3v) is 3.01. The Kier molecular flexibility index (Phi) is 4.10. The molecule has 0 saturated carbocycles. The van der Waals surface area contributed by atoms with Crippen LogP contribution in [0.3, 0.4) is 0 Å². The Morgan fingerprint density at radius 1 is 1.31 bits per heavy atom. The molecule has 4 heteroatoms. The van der Waals surface area contributed by atoms with Gasteiger partial charge < -0.3 is 10.1 Å². The number of hydrogen-bond acceptors (Lipinski definition) is 4. The molecule has 0 radical (unpaired) electrons. The second kappa shape index (κ2) is 5.14. The van der Waals surface area contributed by atoms with E-state index in [-0.39, 0.29) is 5.54 Å². The first-order valence-electron chi connectivity index (χ1n) is 5.71. The van der Waals surface area contributed by atoms with Crippen molar-refractivity contribution in [2.45, 2.75) is 46.1 Å². The predicted molar refractivity (Wildman–Crippen MR) is 65.9 cm³/mol. The van der Waals surface area contributed by atoms with Crippen molar-refractivity contribution in [3.63, 3.8) is 0 Å². The molecule has 0 aliphatic rings. The van der Waals surface area contributed by atoms with E-state index in [1.54, 1.807) is 7.11 Å². The molecule has 0 spiro atoms. The third-order valence-electron chi connectivity index (χ3n) is 3.01. The van der Waals surface area contributed by atoms with Gasteiger partial charge in [0.2, 0.25) is 11.8 Å². The SMILES string of the molecule is CCC(C)(CC)Nc1nc(C)cc(OC)n1. The van der Waals surface area contributed by atoms with E-state index in [2.05, 4.69) is 36.1 Å². The molecule has 0 saturated heterocycles. The summed E-state index contributed by atoms with van der Waals surface area (Å²) < 4.78 is 5.13. The number of rotatable bonds is 5. The van der Waals surface area contributed by atoms with E-state index >= 15 is 0 Å². The van der Waals surface area contributed by atoms with Crippen LogP contribution in [0.5, 0.6) is 5.88 Å². The molecule has 0 amide bonds. The van der Waals surface area contributed by atoms with Gasteiger partial charge in [-0.2, -0.15) is 4.98 Å². The summed E-state index contributed by atoms with van der Waals surface area (Å²) in [6.07, 6.45) is 2.06. The maximum absolute atomic E-state index is 5.13. The van der Waals surface area contributed by atoms with Crippen molar-refractivity contribution < 1.29 is 4.74 Å². The zero-order valence-electron chi connectivity index (χ0n) is 10.8. The first kappa shape index (κ1) is 12.7. The standard InChI is InChI=1S/C12H21N3O/c1-6-12(4,7-2)15-11-13-9(3)8-10(14-11)16-5/h8H,6-7H2,1-5H3,(H,13,14,15). The Morgan fingerprint density at radius 2 is 1.94 bits per heavy atom. The van der Waals surface area contributed by atoms with Gasteiger partial charge in [0.25, 0.3) is 0 Å².